The van der Waals surface area contributed by atoms with Gasteiger partial charge in [0.25, 0.3) is 5.91 Å². The molecule has 0 unspecified atom stereocenters. The second-order valence-corrected chi connectivity index (χ2v) is 23.3. The molecule has 2 amide bonds. The van der Waals surface area contributed by atoms with Crippen LogP contribution in [0.1, 0.15) is 151 Å². The monoisotopic (exact) mass is 862 g/mol. The summed E-state index contributed by atoms with van der Waals surface area (Å²) in [5.41, 5.74) is -0.908. The lowest BCUT2D eigenvalue weighted by atomic mass is 9.33. The number of hydrogen-bond acceptors (Lipinski definition) is 7. The first-order chi connectivity index (χ1) is 28.2. The molecule has 0 radical (unpaired) electrons. The number of carboxylic acid groups (broad SMARTS) is 1. The van der Waals surface area contributed by atoms with E-state index in [9.17, 15) is 34.2 Å². The highest BCUT2D eigenvalue weighted by atomic mass is 35.5. The number of ketones is 1. The third kappa shape index (κ3) is 6.84. The summed E-state index contributed by atoms with van der Waals surface area (Å²) in [6.07, 6.45) is 6.48. The Bertz CT molecular complexity index is 2040. The standard InChI is InChI=1S/C50H71ClN2O8/c1-27(2)38-33(54)25-50(36(55)26-52-43(60)46(7,8)53-40(56)28-14-12-13-15-32(28)51)23-22-48(10)29(39(38)50)16-17-35-47(9)20-19-37(45(5,6)34(47)18-21-49(35,48)11)61-42(59)31-24-30(41(57)58)44(31,3)4/h12-15,27,29-31,34-37,55H,16-26H2,1-11H3,(H,52,60)(H,53,56)(H,57,58)/t29-,30+,31-,34+,35-,36+,37+,47+,48-,49-,50+/m1/s1. The van der Waals surface area contributed by atoms with Crippen molar-refractivity contribution >= 4 is 41.1 Å². The molecule has 4 N–H and O–H groups in total. The Kier molecular flexibility index (Phi) is 11.4. The Morgan fingerprint density at radius 3 is 2.16 bits per heavy atom. The molecule has 11 heteroatoms. The van der Waals surface area contributed by atoms with Crippen LogP contribution in [0.25, 0.3) is 0 Å². The molecule has 10 nitrogen and oxygen atoms in total. The van der Waals surface area contributed by atoms with Crippen molar-refractivity contribution in [2.45, 2.75) is 158 Å². The summed E-state index contributed by atoms with van der Waals surface area (Å²) in [6.45, 7) is 23.1. The van der Waals surface area contributed by atoms with Gasteiger partial charge in [-0.05, 0) is 135 Å². The van der Waals surface area contributed by atoms with E-state index in [-0.39, 0.29) is 74.9 Å². The molecule has 5 fully saturated rings. The number of nitrogens with one attached hydrogen (secondary N) is 2. The minimum Gasteiger partial charge on any atom is -0.481 e. The molecule has 5 saturated carbocycles. The fraction of sp³-hybridized carbons (Fsp3) is 0.740. The van der Waals surface area contributed by atoms with Crippen LogP contribution in [0.5, 0.6) is 0 Å². The summed E-state index contributed by atoms with van der Waals surface area (Å²) in [7, 11) is 0. The molecule has 1 aromatic carbocycles. The highest BCUT2D eigenvalue weighted by molar-refractivity contribution is 6.33. The third-order valence-corrected chi connectivity index (χ3v) is 19.1. The summed E-state index contributed by atoms with van der Waals surface area (Å²) < 4.78 is 6.41. The van der Waals surface area contributed by atoms with E-state index < -0.39 is 52.1 Å². The first-order valence-corrected chi connectivity index (χ1v) is 23.3. The number of hydrogen-bond donors (Lipinski definition) is 4. The molecule has 336 valence electrons. The van der Waals surface area contributed by atoms with Crippen LogP contribution in [0.15, 0.2) is 35.4 Å². The van der Waals surface area contributed by atoms with Gasteiger partial charge in [-0.1, -0.05) is 91.6 Å². The number of rotatable bonds is 10. The maximum atomic E-state index is 14.2. The number of allylic oxidation sites excluding steroid dienone is 1. The number of Topliss-reactive ketones (excluding diaryl/α,β-unsaturated/α-hetero) is 1. The number of halogens is 1. The number of benzene rings is 1. The van der Waals surface area contributed by atoms with Crippen molar-refractivity contribution in [2.75, 3.05) is 6.54 Å². The fourth-order valence-corrected chi connectivity index (χ4v) is 15.1. The van der Waals surface area contributed by atoms with Crippen LogP contribution in [0.3, 0.4) is 0 Å². The second-order valence-electron chi connectivity index (χ2n) is 22.9. The van der Waals surface area contributed by atoms with Crippen molar-refractivity contribution in [1.82, 2.24) is 10.6 Å². The largest absolute Gasteiger partial charge is 0.481 e. The van der Waals surface area contributed by atoms with Crippen molar-refractivity contribution in [1.29, 1.82) is 0 Å². The lowest BCUT2D eigenvalue weighted by molar-refractivity contribution is -0.238. The van der Waals surface area contributed by atoms with Crippen LogP contribution in [-0.4, -0.2) is 64.0 Å². The molecule has 6 aliphatic carbocycles. The van der Waals surface area contributed by atoms with E-state index in [2.05, 4.69) is 59.1 Å². The maximum absolute atomic E-state index is 14.2. The van der Waals surface area contributed by atoms with Gasteiger partial charge in [-0.2, -0.15) is 0 Å². The van der Waals surface area contributed by atoms with Crippen LogP contribution in [0.2, 0.25) is 5.02 Å². The molecule has 61 heavy (non-hydrogen) atoms. The molecule has 0 aromatic heterocycles. The molecular weight excluding hydrogens is 792 g/mol. The molecule has 7 rings (SSSR count). The van der Waals surface area contributed by atoms with E-state index in [0.717, 1.165) is 56.1 Å². The number of amides is 2. The first kappa shape index (κ1) is 45.8. The molecule has 0 spiro atoms. The zero-order valence-electron chi connectivity index (χ0n) is 38.4. The summed E-state index contributed by atoms with van der Waals surface area (Å²) in [5.74, 6) is -2.02. The van der Waals surface area contributed by atoms with E-state index in [4.69, 9.17) is 16.3 Å². The highest BCUT2D eigenvalue weighted by Crippen LogP contribution is 2.77. The Morgan fingerprint density at radius 2 is 1.54 bits per heavy atom. The number of aliphatic carboxylic acids is 1. The van der Waals surface area contributed by atoms with Gasteiger partial charge in [0, 0.05) is 23.8 Å². The number of esters is 1. The summed E-state index contributed by atoms with van der Waals surface area (Å²) in [4.78, 5) is 66.5. The van der Waals surface area contributed by atoms with Crippen LogP contribution in [0, 0.1) is 68.0 Å². The van der Waals surface area contributed by atoms with Gasteiger partial charge in [0.05, 0.1) is 28.5 Å². The Balaban J connectivity index is 1.10. The van der Waals surface area contributed by atoms with Crippen molar-refractivity contribution in [3.8, 4) is 0 Å². The van der Waals surface area contributed by atoms with Gasteiger partial charge < -0.3 is 25.6 Å². The van der Waals surface area contributed by atoms with E-state index in [0.29, 0.717) is 24.7 Å². The van der Waals surface area contributed by atoms with E-state index in [1.807, 2.05) is 13.8 Å². The number of fused-ring (bicyclic) bond motifs is 7. The molecule has 11 atom stereocenters. The predicted octanol–water partition coefficient (Wildman–Crippen LogP) is 8.96. The van der Waals surface area contributed by atoms with Crippen molar-refractivity contribution in [3.05, 3.63) is 46.0 Å². The lowest BCUT2D eigenvalue weighted by Crippen LogP contribution is -2.66. The topological polar surface area (TPSA) is 159 Å². The number of aliphatic hydroxyl groups is 1. The SMILES string of the molecule is CC(C)C1=C2[C@H]3CC[C@@H]4[C@@]5(C)CC[C@H](OC(=O)[C@H]6C[C@@H](C(=O)O)C6(C)C)C(C)(C)[C@@H]5CC[C@@]4(C)[C@]3(C)CC[C@@]2([C@@H](O)CNC(=O)C(C)(C)NC(=O)c2ccccc2Cl)CC1=O. The first-order valence-electron chi connectivity index (χ1n) is 22.9. The minimum absolute atomic E-state index is 0.00465. The molecule has 0 aliphatic heterocycles. The van der Waals surface area contributed by atoms with E-state index in [1.54, 1.807) is 38.1 Å². The quantitative estimate of drug-likeness (QED) is 0.170. The number of carboxylic acids is 1. The van der Waals surface area contributed by atoms with Gasteiger partial charge in [-0.3, -0.25) is 24.0 Å². The van der Waals surface area contributed by atoms with Crippen LogP contribution in [0.4, 0.5) is 0 Å². The average molecular weight is 864 g/mol. The maximum Gasteiger partial charge on any atom is 0.309 e. The van der Waals surface area contributed by atoms with Gasteiger partial charge in [0.2, 0.25) is 5.91 Å². The van der Waals surface area contributed by atoms with E-state index in [1.165, 1.54) is 0 Å². The van der Waals surface area contributed by atoms with Crippen LogP contribution in [-0.2, 0) is 23.9 Å². The van der Waals surface area contributed by atoms with Gasteiger partial charge in [-0.25, -0.2) is 0 Å². The van der Waals surface area contributed by atoms with E-state index >= 15 is 0 Å². The number of ether oxygens (including phenoxy) is 1. The summed E-state index contributed by atoms with van der Waals surface area (Å²) >= 11 is 6.26. The average Bonchev–Trinajstić information content (AvgIpc) is 3.47. The zero-order valence-corrected chi connectivity index (χ0v) is 39.2. The van der Waals surface area contributed by atoms with Gasteiger partial charge in [-0.15, -0.1) is 0 Å². The van der Waals surface area contributed by atoms with Gasteiger partial charge in [0.1, 0.15) is 11.6 Å². The van der Waals surface area contributed by atoms with Crippen molar-refractivity contribution in [2.24, 2.45) is 68.0 Å². The minimum atomic E-state index is -1.30. The van der Waals surface area contributed by atoms with Crippen LogP contribution < -0.4 is 10.6 Å². The molecule has 0 saturated heterocycles. The fourth-order valence-electron chi connectivity index (χ4n) is 14.9. The third-order valence-electron chi connectivity index (χ3n) is 18.7. The van der Waals surface area contributed by atoms with Crippen molar-refractivity contribution in [3.63, 3.8) is 0 Å². The van der Waals surface area contributed by atoms with Gasteiger partial charge >= 0.3 is 11.9 Å². The molecule has 0 bridgehead atoms. The number of carbonyl (C=O) groups is 5. The molecule has 0 heterocycles. The smallest absolute Gasteiger partial charge is 0.309 e. The Hall–Kier alpha value is -3.24. The lowest BCUT2D eigenvalue weighted by Gasteiger charge is -2.72. The Labute approximate surface area is 368 Å². The predicted molar refractivity (Wildman–Crippen MR) is 234 cm³/mol. The Morgan fingerprint density at radius 1 is 0.869 bits per heavy atom. The highest BCUT2D eigenvalue weighted by Gasteiger charge is 2.71. The molecule has 6 aliphatic rings. The van der Waals surface area contributed by atoms with Crippen molar-refractivity contribution < 1.29 is 38.9 Å². The number of carbonyl (C=O) groups excluding carboxylic acids is 4. The zero-order chi connectivity index (χ0) is 45.0. The second kappa shape index (κ2) is 15.2. The normalized spacial score (nSPS) is 37.9. The molecular formula is C50H71ClN2O8. The summed E-state index contributed by atoms with van der Waals surface area (Å²) in [5, 5.41) is 28.0. The molecule has 1 aromatic rings. The van der Waals surface area contributed by atoms with Gasteiger partial charge in [0.15, 0.2) is 5.78 Å². The summed E-state index contributed by atoms with van der Waals surface area (Å²) in [6, 6.07) is 6.67. The number of aliphatic hydroxyl groups excluding tert-OH is 1. The van der Waals surface area contributed by atoms with Crippen LogP contribution >= 0.6 is 11.6 Å².